The van der Waals surface area contributed by atoms with Gasteiger partial charge < -0.3 is 9.73 Å². The number of furan rings is 1. The minimum Gasteiger partial charge on any atom is -0.456 e. The van der Waals surface area contributed by atoms with Gasteiger partial charge in [-0.1, -0.05) is 38.1 Å². The van der Waals surface area contributed by atoms with Gasteiger partial charge in [0.1, 0.15) is 5.76 Å². The van der Waals surface area contributed by atoms with Crippen LogP contribution in [0.3, 0.4) is 0 Å². The zero-order valence-corrected chi connectivity index (χ0v) is 13.7. The van der Waals surface area contributed by atoms with E-state index in [4.69, 9.17) is 4.42 Å². The normalized spacial score (nSPS) is 16.9. The molecule has 0 aliphatic heterocycles. The molecule has 1 N–H and O–H groups in total. The average Bonchev–Trinajstić information content (AvgIpc) is 3.02. The molecular formula is C19H23NO2. The van der Waals surface area contributed by atoms with Gasteiger partial charge in [0.15, 0.2) is 5.76 Å². The van der Waals surface area contributed by atoms with E-state index in [1.807, 2.05) is 19.9 Å². The first-order valence-corrected chi connectivity index (χ1v) is 7.97. The van der Waals surface area contributed by atoms with Crippen LogP contribution in [0.1, 0.15) is 70.8 Å². The summed E-state index contributed by atoms with van der Waals surface area (Å²) >= 11 is 0. The molecule has 0 saturated carbocycles. The Morgan fingerprint density at radius 3 is 2.73 bits per heavy atom. The summed E-state index contributed by atoms with van der Waals surface area (Å²) in [5.41, 5.74) is 4.69. The maximum absolute atomic E-state index is 12.7. The summed E-state index contributed by atoms with van der Waals surface area (Å²) in [4.78, 5) is 12.7. The summed E-state index contributed by atoms with van der Waals surface area (Å²) in [7, 11) is 0. The summed E-state index contributed by atoms with van der Waals surface area (Å²) in [6.45, 7) is 8.14. The number of nitrogens with one attached hydrogen (secondary N) is 1. The minimum absolute atomic E-state index is 0.0921. The molecule has 22 heavy (non-hydrogen) atoms. The maximum Gasteiger partial charge on any atom is 0.287 e. The summed E-state index contributed by atoms with van der Waals surface area (Å²) in [5.74, 6) is 1.49. The predicted molar refractivity (Wildman–Crippen MR) is 87.2 cm³/mol. The first kappa shape index (κ1) is 14.9. The van der Waals surface area contributed by atoms with Gasteiger partial charge in [-0.3, -0.25) is 4.79 Å². The quantitative estimate of drug-likeness (QED) is 0.910. The lowest BCUT2D eigenvalue weighted by molar-refractivity contribution is 0.0905. The zero-order chi connectivity index (χ0) is 15.9. The van der Waals surface area contributed by atoms with Crippen LogP contribution in [-0.4, -0.2) is 5.91 Å². The van der Waals surface area contributed by atoms with Crippen LogP contribution in [0.15, 0.2) is 28.7 Å². The minimum atomic E-state index is -0.0957. The molecule has 1 aromatic carbocycles. The number of benzene rings is 1. The van der Waals surface area contributed by atoms with E-state index in [1.54, 1.807) is 0 Å². The van der Waals surface area contributed by atoms with E-state index >= 15 is 0 Å². The molecule has 1 heterocycles. The molecule has 0 bridgehead atoms. The number of hydrogen-bond donors (Lipinski definition) is 1. The molecule has 1 amide bonds. The van der Waals surface area contributed by atoms with Crippen LogP contribution in [0, 0.1) is 13.8 Å². The Morgan fingerprint density at radius 2 is 2.00 bits per heavy atom. The van der Waals surface area contributed by atoms with Gasteiger partial charge in [-0.05, 0) is 49.3 Å². The van der Waals surface area contributed by atoms with E-state index in [1.165, 1.54) is 11.1 Å². The van der Waals surface area contributed by atoms with Crippen LogP contribution < -0.4 is 5.32 Å². The highest BCUT2D eigenvalue weighted by Gasteiger charge is 2.28. The smallest absolute Gasteiger partial charge is 0.287 e. The highest BCUT2D eigenvalue weighted by atomic mass is 16.4. The standard InChI is InChI=1S/C19H23NO2/c1-11(2)17-12(3)13(4)22-18(17)19(21)20-16-10-9-14-7-5-6-8-15(14)16/h5-8,11,16H,9-10H2,1-4H3,(H,20,21)/t16-/m0/s1. The molecule has 116 valence electrons. The first-order valence-electron chi connectivity index (χ1n) is 7.97. The van der Waals surface area contributed by atoms with Crippen molar-refractivity contribution >= 4 is 5.91 Å². The van der Waals surface area contributed by atoms with Gasteiger partial charge in [0.2, 0.25) is 0 Å². The Labute approximate surface area is 131 Å². The van der Waals surface area contributed by atoms with Crippen molar-refractivity contribution in [1.29, 1.82) is 0 Å². The Kier molecular flexibility index (Phi) is 3.81. The molecule has 0 unspecified atom stereocenters. The van der Waals surface area contributed by atoms with Gasteiger partial charge in [0.05, 0.1) is 6.04 Å². The Bertz CT molecular complexity index is 712. The van der Waals surface area contributed by atoms with Crippen LogP contribution in [0.25, 0.3) is 0 Å². The molecule has 0 saturated heterocycles. The summed E-state index contributed by atoms with van der Waals surface area (Å²) < 4.78 is 5.75. The number of amides is 1. The maximum atomic E-state index is 12.7. The van der Waals surface area contributed by atoms with Crippen molar-refractivity contribution in [1.82, 2.24) is 5.32 Å². The second kappa shape index (κ2) is 5.64. The first-order chi connectivity index (χ1) is 10.5. The van der Waals surface area contributed by atoms with Gasteiger partial charge in [0, 0.05) is 5.56 Å². The van der Waals surface area contributed by atoms with Gasteiger partial charge in [-0.2, -0.15) is 0 Å². The number of fused-ring (bicyclic) bond motifs is 1. The Balaban J connectivity index is 1.86. The number of rotatable bonds is 3. The van der Waals surface area contributed by atoms with Crippen molar-refractivity contribution in [3.63, 3.8) is 0 Å². The average molecular weight is 297 g/mol. The van der Waals surface area contributed by atoms with Crippen molar-refractivity contribution < 1.29 is 9.21 Å². The lowest BCUT2D eigenvalue weighted by Gasteiger charge is -2.14. The number of aryl methyl sites for hydroxylation is 2. The monoisotopic (exact) mass is 297 g/mol. The SMILES string of the molecule is Cc1oc(C(=O)N[C@H]2CCc3ccccc32)c(C(C)C)c1C. The highest BCUT2D eigenvalue weighted by molar-refractivity contribution is 5.94. The number of hydrogen-bond acceptors (Lipinski definition) is 2. The summed E-state index contributed by atoms with van der Waals surface area (Å²) in [5, 5.41) is 3.15. The lowest BCUT2D eigenvalue weighted by atomic mass is 9.98. The van der Waals surface area contributed by atoms with Crippen molar-refractivity contribution in [2.75, 3.05) is 0 Å². The van der Waals surface area contributed by atoms with E-state index in [0.717, 1.165) is 29.7 Å². The van der Waals surface area contributed by atoms with Crippen molar-refractivity contribution in [2.24, 2.45) is 0 Å². The Hall–Kier alpha value is -2.03. The molecule has 3 heteroatoms. The van der Waals surface area contributed by atoms with Crippen LogP contribution in [0.2, 0.25) is 0 Å². The number of carbonyl (C=O) groups is 1. The zero-order valence-electron chi connectivity index (χ0n) is 13.7. The van der Waals surface area contributed by atoms with E-state index in [2.05, 4.69) is 37.4 Å². The van der Waals surface area contributed by atoms with Crippen molar-refractivity contribution in [3.8, 4) is 0 Å². The fraction of sp³-hybridized carbons (Fsp3) is 0.421. The molecule has 1 aromatic heterocycles. The van der Waals surface area contributed by atoms with E-state index in [9.17, 15) is 4.79 Å². The molecule has 1 atom stereocenters. The van der Waals surface area contributed by atoms with Crippen molar-refractivity contribution in [3.05, 3.63) is 58.0 Å². The van der Waals surface area contributed by atoms with Gasteiger partial charge in [-0.15, -0.1) is 0 Å². The van der Waals surface area contributed by atoms with E-state index < -0.39 is 0 Å². The van der Waals surface area contributed by atoms with Crippen LogP contribution >= 0.6 is 0 Å². The van der Waals surface area contributed by atoms with Gasteiger partial charge in [-0.25, -0.2) is 0 Å². The summed E-state index contributed by atoms with van der Waals surface area (Å²) in [6, 6.07) is 8.43. The van der Waals surface area contributed by atoms with Gasteiger partial charge >= 0.3 is 0 Å². The molecule has 0 radical (unpaired) electrons. The lowest BCUT2D eigenvalue weighted by Crippen LogP contribution is -2.27. The van der Waals surface area contributed by atoms with Crippen LogP contribution in [0.5, 0.6) is 0 Å². The molecule has 3 nitrogen and oxygen atoms in total. The van der Waals surface area contributed by atoms with Crippen LogP contribution in [0.4, 0.5) is 0 Å². The van der Waals surface area contributed by atoms with Crippen molar-refractivity contribution in [2.45, 2.75) is 52.5 Å². The third-order valence-electron chi connectivity index (χ3n) is 4.65. The topological polar surface area (TPSA) is 42.2 Å². The number of carbonyl (C=O) groups excluding carboxylic acids is 1. The molecule has 0 spiro atoms. The third kappa shape index (κ3) is 2.45. The highest BCUT2D eigenvalue weighted by Crippen LogP contribution is 2.33. The largest absolute Gasteiger partial charge is 0.456 e. The summed E-state index contributed by atoms with van der Waals surface area (Å²) in [6.07, 6.45) is 1.98. The van der Waals surface area contributed by atoms with Gasteiger partial charge in [0.25, 0.3) is 5.91 Å². The molecule has 3 rings (SSSR count). The fourth-order valence-electron chi connectivity index (χ4n) is 3.44. The molecular weight excluding hydrogens is 274 g/mol. The Morgan fingerprint density at radius 1 is 1.27 bits per heavy atom. The second-order valence-electron chi connectivity index (χ2n) is 6.44. The van der Waals surface area contributed by atoms with E-state index in [-0.39, 0.29) is 17.9 Å². The predicted octanol–water partition coefficient (Wildman–Crippen LogP) is 4.44. The molecule has 1 aliphatic rings. The third-order valence-corrected chi connectivity index (χ3v) is 4.65. The molecule has 2 aromatic rings. The molecule has 0 fully saturated rings. The van der Waals surface area contributed by atoms with E-state index in [0.29, 0.717) is 5.76 Å². The second-order valence-corrected chi connectivity index (χ2v) is 6.44. The molecule has 1 aliphatic carbocycles. The fourth-order valence-corrected chi connectivity index (χ4v) is 3.44. The van der Waals surface area contributed by atoms with Crippen LogP contribution in [-0.2, 0) is 6.42 Å².